The van der Waals surface area contributed by atoms with Gasteiger partial charge in [0.15, 0.2) is 0 Å². The number of hydrogen-bond donors (Lipinski definition) is 0. The zero-order valence-electron chi connectivity index (χ0n) is 11.4. The number of fused-ring (bicyclic) bond motifs is 4. The van der Waals surface area contributed by atoms with Crippen molar-refractivity contribution in [3.8, 4) is 11.3 Å². The van der Waals surface area contributed by atoms with Gasteiger partial charge >= 0.3 is 0 Å². The molecule has 0 radical (unpaired) electrons. The van der Waals surface area contributed by atoms with Crippen LogP contribution in [-0.2, 0) is 0 Å². The van der Waals surface area contributed by atoms with Crippen LogP contribution in [0.4, 0.5) is 0 Å². The second-order valence-electron chi connectivity index (χ2n) is 5.26. The van der Waals surface area contributed by atoms with Crippen molar-refractivity contribution in [1.82, 2.24) is 9.97 Å². The van der Waals surface area contributed by atoms with E-state index in [1.54, 1.807) is 11.8 Å². The lowest BCUT2D eigenvalue weighted by atomic mass is 10.0. The van der Waals surface area contributed by atoms with Crippen molar-refractivity contribution in [1.29, 1.82) is 0 Å². The molecule has 1 aliphatic heterocycles. The average molecular weight is 365 g/mol. The molecule has 0 unspecified atom stereocenters. The third kappa shape index (κ3) is 1.68. The minimum Gasteiger partial charge on any atom is -0.255 e. The first-order chi connectivity index (χ1) is 10.8. The van der Waals surface area contributed by atoms with Gasteiger partial charge in [-0.1, -0.05) is 45.9 Å². The van der Waals surface area contributed by atoms with E-state index in [0.29, 0.717) is 0 Å². The predicted molar refractivity (Wildman–Crippen MR) is 94.3 cm³/mol. The maximum atomic E-state index is 4.88. The fourth-order valence-corrected chi connectivity index (χ4v) is 4.47. The fraction of sp³-hybridized carbons (Fsp3) is 0. The smallest absolute Gasteiger partial charge is 0.112 e. The van der Waals surface area contributed by atoms with Crippen molar-refractivity contribution in [2.75, 3.05) is 0 Å². The Balaban J connectivity index is 2.02. The van der Waals surface area contributed by atoms with Crippen molar-refractivity contribution < 1.29 is 0 Å². The molecule has 4 aromatic rings. The fourth-order valence-electron chi connectivity index (χ4n) is 3.02. The molecule has 2 nitrogen and oxygen atoms in total. The summed E-state index contributed by atoms with van der Waals surface area (Å²) in [6.45, 7) is 0. The van der Waals surface area contributed by atoms with Crippen LogP contribution in [0.25, 0.3) is 32.9 Å². The first kappa shape index (κ1) is 12.6. The number of halogens is 1. The van der Waals surface area contributed by atoms with E-state index in [-0.39, 0.29) is 0 Å². The van der Waals surface area contributed by atoms with Gasteiger partial charge in [0.05, 0.1) is 11.2 Å². The van der Waals surface area contributed by atoms with E-state index in [1.807, 2.05) is 12.3 Å². The minimum absolute atomic E-state index is 1.02. The Hall–Kier alpha value is -1.91. The second kappa shape index (κ2) is 4.54. The second-order valence-corrected chi connectivity index (χ2v) is 7.21. The van der Waals surface area contributed by atoms with Crippen LogP contribution in [0.3, 0.4) is 0 Å². The first-order valence-corrected chi connectivity index (χ1v) is 8.57. The summed E-state index contributed by atoms with van der Waals surface area (Å²) in [5.74, 6) is 0. The van der Waals surface area contributed by atoms with Gasteiger partial charge in [-0.25, -0.2) is 4.98 Å². The molecule has 5 rings (SSSR count). The lowest BCUT2D eigenvalue weighted by Crippen LogP contribution is -1.98. The SMILES string of the molecule is Brc1ccc2nc3c4c(nccc4c2c1)-c1ccccc1S3. The van der Waals surface area contributed by atoms with E-state index in [4.69, 9.17) is 4.98 Å². The van der Waals surface area contributed by atoms with Crippen molar-refractivity contribution in [2.24, 2.45) is 0 Å². The van der Waals surface area contributed by atoms with Gasteiger partial charge < -0.3 is 0 Å². The van der Waals surface area contributed by atoms with Crippen LogP contribution in [0, 0.1) is 0 Å². The van der Waals surface area contributed by atoms with Crippen LogP contribution in [0.5, 0.6) is 0 Å². The lowest BCUT2D eigenvalue weighted by Gasteiger charge is -2.19. The van der Waals surface area contributed by atoms with Crippen LogP contribution >= 0.6 is 27.7 Å². The first-order valence-electron chi connectivity index (χ1n) is 6.96. The highest BCUT2D eigenvalue weighted by molar-refractivity contribution is 9.10. The zero-order valence-corrected chi connectivity index (χ0v) is 13.8. The Morgan fingerprint density at radius 1 is 0.955 bits per heavy atom. The Morgan fingerprint density at radius 2 is 1.86 bits per heavy atom. The molecule has 0 N–H and O–H groups in total. The number of aromatic nitrogens is 2. The van der Waals surface area contributed by atoms with E-state index in [9.17, 15) is 0 Å². The molecule has 0 atom stereocenters. The molecule has 104 valence electrons. The largest absolute Gasteiger partial charge is 0.255 e. The normalized spacial score (nSPS) is 12.6. The molecule has 4 heteroatoms. The van der Waals surface area contributed by atoms with Gasteiger partial charge in [0.1, 0.15) is 5.03 Å². The molecule has 3 heterocycles. The van der Waals surface area contributed by atoms with Gasteiger partial charge in [0.25, 0.3) is 0 Å². The van der Waals surface area contributed by atoms with Gasteiger partial charge in [0.2, 0.25) is 0 Å². The molecule has 0 bridgehead atoms. The third-order valence-corrected chi connectivity index (χ3v) is 5.54. The molecule has 0 amide bonds. The summed E-state index contributed by atoms with van der Waals surface area (Å²) in [7, 11) is 0. The summed E-state index contributed by atoms with van der Waals surface area (Å²) in [5.41, 5.74) is 3.26. The van der Waals surface area contributed by atoms with Crippen LogP contribution in [-0.4, -0.2) is 9.97 Å². The molecule has 1 aliphatic rings. The van der Waals surface area contributed by atoms with Gasteiger partial charge in [-0.2, -0.15) is 0 Å². The van der Waals surface area contributed by atoms with Crippen molar-refractivity contribution in [2.45, 2.75) is 9.92 Å². The highest BCUT2D eigenvalue weighted by Crippen LogP contribution is 2.47. The van der Waals surface area contributed by atoms with Crippen molar-refractivity contribution in [3.05, 3.63) is 59.2 Å². The van der Waals surface area contributed by atoms with Crippen LogP contribution in [0.15, 0.2) is 69.1 Å². The van der Waals surface area contributed by atoms with Crippen molar-refractivity contribution >= 4 is 49.4 Å². The summed E-state index contributed by atoms with van der Waals surface area (Å²) in [4.78, 5) is 10.7. The Bertz CT molecular complexity index is 1080. The Kier molecular flexibility index (Phi) is 2.60. The standard InChI is InChI=1S/C18H9BrN2S/c19-10-5-6-14-13(9-10)11-7-8-20-17-12-3-1-2-4-15(12)22-18(21-14)16(11)17/h1-9H. The maximum absolute atomic E-state index is 4.88. The summed E-state index contributed by atoms with van der Waals surface area (Å²) < 4.78 is 1.07. The van der Waals surface area contributed by atoms with Crippen LogP contribution in [0.1, 0.15) is 0 Å². The highest BCUT2D eigenvalue weighted by atomic mass is 79.9. The van der Waals surface area contributed by atoms with Gasteiger partial charge in [0, 0.05) is 31.9 Å². The van der Waals surface area contributed by atoms with Crippen molar-refractivity contribution in [3.63, 3.8) is 0 Å². The van der Waals surface area contributed by atoms with E-state index in [2.05, 4.69) is 63.4 Å². The molecule has 22 heavy (non-hydrogen) atoms. The molecule has 2 aromatic carbocycles. The van der Waals surface area contributed by atoms with Crippen LogP contribution in [0.2, 0.25) is 0 Å². The van der Waals surface area contributed by atoms with Gasteiger partial charge in [-0.15, -0.1) is 0 Å². The monoisotopic (exact) mass is 364 g/mol. The van der Waals surface area contributed by atoms with Crippen LogP contribution < -0.4 is 0 Å². The predicted octanol–water partition coefficient (Wildman–Crippen LogP) is 5.68. The Morgan fingerprint density at radius 3 is 2.82 bits per heavy atom. The van der Waals surface area contributed by atoms with Gasteiger partial charge in [-0.05, 0) is 35.7 Å². The lowest BCUT2D eigenvalue weighted by molar-refractivity contribution is 1.19. The van der Waals surface area contributed by atoms with E-state index in [1.165, 1.54) is 15.8 Å². The molecule has 0 aliphatic carbocycles. The van der Waals surface area contributed by atoms with E-state index < -0.39 is 0 Å². The zero-order chi connectivity index (χ0) is 14.7. The summed E-state index contributed by atoms with van der Waals surface area (Å²) in [6.07, 6.45) is 1.90. The summed E-state index contributed by atoms with van der Waals surface area (Å²) in [6, 6.07) is 16.7. The molecule has 2 aromatic heterocycles. The molecule has 0 spiro atoms. The third-order valence-electron chi connectivity index (χ3n) is 3.98. The molecule has 0 saturated carbocycles. The minimum atomic E-state index is 1.02. The molecule has 0 saturated heterocycles. The summed E-state index contributed by atoms with van der Waals surface area (Å²) in [5, 5.41) is 4.59. The molecular formula is C18H9BrN2S. The number of pyridine rings is 2. The summed E-state index contributed by atoms with van der Waals surface area (Å²) >= 11 is 5.29. The number of benzene rings is 2. The molecular weight excluding hydrogens is 356 g/mol. The number of hydrogen-bond acceptors (Lipinski definition) is 3. The Labute approximate surface area is 139 Å². The number of nitrogens with zero attached hydrogens (tertiary/aromatic N) is 2. The van der Waals surface area contributed by atoms with E-state index >= 15 is 0 Å². The maximum Gasteiger partial charge on any atom is 0.112 e. The highest BCUT2D eigenvalue weighted by Gasteiger charge is 2.22. The quantitative estimate of drug-likeness (QED) is 0.330. The number of rotatable bonds is 0. The van der Waals surface area contributed by atoms with Gasteiger partial charge in [-0.3, -0.25) is 4.98 Å². The average Bonchev–Trinajstić information content (AvgIpc) is 2.56. The molecule has 0 fully saturated rings. The van der Waals surface area contributed by atoms with E-state index in [0.717, 1.165) is 31.5 Å². The topological polar surface area (TPSA) is 25.8 Å².